The number of nitrogens with one attached hydrogen (secondary N) is 1. The first kappa shape index (κ1) is 12.6. The van der Waals surface area contributed by atoms with E-state index < -0.39 is 0 Å². The van der Waals surface area contributed by atoms with Gasteiger partial charge in [0.1, 0.15) is 0 Å². The first-order valence-corrected chi connectivity index (χ1v) is 7.19. The van der Waals surface area contributed by atoms with E-state index in [1.165, 1.54) is 24.0 Å². The fourth-order valence-corrected chi connectivity index (χ4v) is 2.65. The van der Waals surface area contributed by atoms with E-state index in [1.54, 1.807) is 0 Å². The fraction of sp³-hybridized carbons (Fsp3) is 0.294. The van der Waals surface area contributed by atoms with E-state index in [0.29, 0.717) is 6.04 Å². The van der Waals surface area contributed by atoms with Gasteiger partial charge in [0.15, 0.2) is 0 Å². The third-order valence-corrected chi connectivity index (χ3v) is 4.01. The van der Waals surface area contributed by atoms with Gasteiger partial charge in [-0.15, -0.1) is 0 Å². The van der Waals surface area contributed by atoms with Gasteiger partial charge in [0.25, 0.3) is 0 Å². The van der Waals surface area contributed by atoms with Gasteiger partial charge in [-0.1, -0.05) is 48.0 Å². The van der Waals surface area contributed by atoms with Gasteiger partial charge >= 0.3 is 0 Å². The standard InChI is InChI=1S/C17H18ClN/c1-12-7-10-15(18)16(11-12)19-17(14-8-9-14)13-5-3-2-4-6-13/h2-7,10-11,14,17,19H,8-9H2,1H3. The minimum atomic E-state index is 0.375. The molecule has 0 aromatic heterocycles. The van der Waals surface area contributed by atoms with Gasteiger partial charge in [0.05, 0.1) is 16.8 Å². The number of aryl methyl sites for hydroxylation is 1. The number of anilines is 1. The third-order valence-electron chi connectivity index (χ3n) is 3.68. The number of benzene rings is 2. The summed E-state index contributed by atoms with van der Waals surface area (Å²) in [5.74, 6) is 0.735. The summed E-state index contributed by atoms with van der Waals surface area (Å²) in [6, 6.07) is 17.2. The summed E-state index contributed by atoms with van der Waals surface area (Å²) in [7, 11) is 0. The lowest BCUT2D eigenvalue weighted by Crippen LogP contribution is -2.13. The SMILES string of the molecule is Cc1ccc(Cl)c(NC(c2ccccc2)C2CC2)c1. The van der Waals surface area contributed by atoms with E-state index in [4.69, 9.17) is 11.6 Å². The topological polar surface area (TPSA) is 12.0 Å². The van der Waals surface area contributed by atoms with E-state index in [1.807, 2.05) is 12.1 Å². The molecule has 1 aliphatic carbocycles. The zero-order chi connectivity index (χ0) is 13.2. The molecular weight excluding hydrogens is 254 g/mol. The van der Waals surface area contributed by atoms with Gasteiger partial charge in [-0.05, 0) is 48.9 Å². The van der Waals surface area contributed by atoms with E-state index in [2.05, 4.69) is 48.6 Å². The Hall–Kier alpha value is -1.47. The van der Waals surface area contributed by atoms with Crippen molar-refractivity contribution in [1.82, 2.24) is 0 Å². The van der Waals surface area contributed by atoms with Crippen LogP contribution in [0.2, 0.25) is 5.02 Å². The summed E-state index contributed by atoms with van der Waals surface area (Å²) < 4.78 is 0. The predicted octanol–water partition coefficient (Wildman–Crippen LogP) is 5.21. The molecule has 1 fully saturated rings. The second kappa shape index (κ2) is 5.26. The van der Waals surface area contributed by atoms with Gasteiger partial charge < -0.3 is 5.32 Å². The Labute approximate surface area is 119 Å². The minimum Gasteiger partial charge on any atom is -0.377 e. The van der Waals surface area contributed by atoms with Crippen molar-refractivity contribution in [2.75, 3.05) is 5.32 Å². The largest absolute Gasteiger partial charge is 0.377 e. The molecule has 19 heavy (non-hydrogen) atoms. The highest BCUT2D eigenvalue weighted by atomic mass is 35.5. The Morgan fingerprint density at radius 1 is 1.11 bits per heavy atom. The van der Waals surface area contributed by atoms with E-state index in [9.17, 15) is 0 Å². The number of hydrogen-bond acceptors (Lipinski definition) is 1. The predicted molar refractivity (Wildman–Crippen MR) is 81.7 cm³/mol. The summed E-state index contributed by atoms with van der Waals surface area (Å²) in [5, 5.41) is 4.43. The molecule has 98 valence electrons. The molecule has 2 aromatic rings. The van der Waals surface area contributed by atoms with Gasteiger partial charge in [-0.2, -0.15) is 0 Å². The molecule has 0 amide bonds. The van der Waals surface area contributed by atoms with Crippen LogP contribution in [0.25, 0.3) is 0 Å². The van der Waals surface area contributed by atoms with Crippen molar-refractivity contribution in [3.05, 3.63) is 64.7 Å². The second-order valence-electron chi connectivity index (χ2n) is 5.35. The van der Waals surface area contributed by atoms with Gasteiger partial charge in [-0.25, -0.2) is 0 Å². The van der Waals surface area contributed by atoms with Crippen molar-refractivity contribution in [3.8, 4) is 0 Å². The van der Waals surface area contributed by atoms with Crippen molar-refractivity contribution < 1.29 is 0 Å². The molecule has 0 radical (unpaired) electrons. The molecule has 1 N–H and O–H groups in total. The zero-order valence-corrected chi connectivity index (χ0v) is 11.8. The quantitative estimate of drug-likeness (QED) is 0.805. The highest BCUT2D eigenvalue weighted by Gasteiger charge is 2.32. The van der Waals surface area contributed by atoms with Gasteiger partial charge in [0, 0.05) is 0 Å². The Bertz CT molecular complexity index is 561. The summed E-state index contributed by atoms with van der Waals surface area (Å²) in [4.78, 5) is 0. The molecule has 0 spiro atoms. The average molecular weight is 272 g/mol. The molecule has 0 bridgehead atoms. The molecule has 0 heterocycles. The maximum absolute atomic E-state index is 6.29. The fourth-order valence-electron chi connectivity index (χ4n) is 2.48. The van der Waals surface area contributed by atoms with Gasteiger partial charge in [-0.3, -0.25) is 0 Å². The monoisotopic (exact) mass is 271 g/mol. The molecule has 1 aliphatic rings. The smallest absolute Gasteiger partial charge is 0.0637 e. The average Bonchev–Trinajstić information content (AvgIpc) is 3.25. The van der Waals surface area contributed by atoms with Crippen molar-refractivity contribution in [2.45, 2.75) is 25.8 Å². The zero-order valence-electron chi connectivity index (χ0n) is 11.1. The maximum Gasteiger partial charge on any atom is 0.0637 e. The summed E-state index contributed by atoms with van der Waals surface area (Å²) in [6.45, 7) is 2.09. The first-order chi connectivity index (χ1) is 9.24. The Balaban J connectivity index is 1.88. The van der Waals surface area contributed by atoms with Crippen LogP contribution in [0, 0.1) is 12.8 Å². The number of rotatable bonds is 4. The molecule has 0 saturated heterocycles. The molecule has 1 unspecified atom stereocenters. The second-order valence-corrected chi connectivity index (χ2v) is 5.76. The highest BCUT2D eigenvalue weighted by molar-refractivity contribution is 6.33. The third kappa shape index (κ3) is 2.93. The van der Waals surface area contributed by atoms with Gasteiger partial charge in [0.2, 0.25) is 0 Å². The van der Waals surface area contributed by atoms with Crippen LogP contribution in [0.4, 0.5) is 5.69 Å². The van der Waals surface area contributed by atoms with Crippen LogP contribution in [-0.2, 0) is 0 Å². The minimum absolute atomic E-state index is 0.375. The molecule has 0 aliphatic heterocycles. The van der Waals surface area contributed by atoms with E-state index in [-0.39, 0.29) is 0 Å². The molecule has 2 heteroatoms. The number of halogens is 1. The van der Waals surface area contributed by atoms with Crippen molar-refractivity contribution in [1.29, 1.82) is 0 Å². The Morgan fingerprint density at radius 2 is 1.84 bits per heavy atom. The Morgan fingerprint density at radius 3 is 2.53 bits per heavy atom. The van der Waals surface area contributed by atoms with Crippen molar-refractivity contribution in [3.63, 3.8) is 0 Å². The van der Waals surface area contributed by atoms with Crippen molar-refractivity contribution >= 4 is 17.3 Å². The highest BCUT2D eigenvalue weighted by Crippen LogP contribution is 2.43. The normalized spacial score (nSPS) is 16.1. The van der Waals surface area contributed by atoms with Crippen LogP contribution < -0.4 is 5.32 Å². The van der Waals surface area contributed by atoms with Crippen LogP contribution in [0.3, 0.4) is 0 Å². The van der Waals surface area contributed by atoms with Crippen LogP contribution in [0.15, 0.2) is 48.5 Å². The lowest BCUT2D eigenvalue weighted by molar-refractivity contribution is 0.679. The molecule has 2 aromatic carbocycles. The molecular formula is C17H18ClN. The molecule has 1 saturated carbocycles. The van der Waals surface area contributed by atoms with E-state index in [0.717, 1.165) is 16.6 Å². The maximum atomic E-state index is 6.29. The van der Waals surface area contributed by atoms with Crippen LogP contribution >= 0.6 is 11.6 Å². The van der Waals surface area contributed by atoms with Crippen LogP contribution in [0.5, 0.6) is 0 Å². The first-order valence-electron chi connectivity index (χ1n) is 6.81. The summed E-state index contributed by atoms with van der Waals surface area (Å²) in [5.41, 5.74) is 3.62. The lowest BCUT2D eigenvalue weighted by atomic mass is 10.0. The number of hydrogen-bond donors (Lipinski definition) is 1. The molecule has 1 nitrogen and oxygen atoms in total. The lowest BCUT2D eigenvalue weighted by Gasteiger charge is -2.21. The molecule has 3 rings (SSSR count). The van der Waals surface area contributed by atoms with E-state index >= 15 is 0 Å². The van der Waals surface area contributed by atoms with Crippen LogP contribution in [-0.4, -0.2) is 0 Å². The van der Waals surface area contributed by atoms with Crippen molar-refractivity contribution in [2.24, 2.45) is 5.92 Å². The molecule has 1 atom stereocenters. The summed E-state index contributed by atoms with van der Waals surface area (Å²) in [6.07, 6.45) is 2.60. The van der Waals surface area contributed by atoms with Crippen LogP contribution in [0.1, 0.15) is 30.0 Å². The Kier molecular flexibility index (Phi) is 3.48. The summed E-state index contributed by atoms with van der Waals surface area (Å²) >= 11 is 6.29.